The van der Waals surface area contributed by atoms with Crippen LogP contribution < -0.4 is 15.5 Å². The monoisotopic (exact) mass is 328 g/mol. The van der Waals surface area contributed by atoms with Crippen molar-refractivity contribution in [2.45, 2.75) is 20.0 Å². The van der Waals surface area contributed by atoms with Crippen molar-refractivity contribution in [1.82, 2.24) is 10.6 Å². The van der Waals surface area contributed by atoms with Crippen LogP contribution in [-0.2, 0) is 13.1 Å². The van der Waals surface area contributed by atoms with E-state index in [4.69, 9.17) is 0 Å². The van der Waals surface area contributed by atoms with Crippen molar-refractivity contribution < 1.29 is 4.39 Å². The van der Waals surface area contributed by atoms with E-state index in [0.29, 0.717) is 24.7 Å². The van der Waals surface area contributed by atoms with E-state index in [0.717, 1.165) is 5.56 Å². The van der Waals surface area contributed by atoms with E-state index >= 15 is 0 Å². The maximum absolute atomic E-state index is 14.0. The Morgan fingerprint density at radius 1 is 1.00 bits per heavy atom. The Bertz CT molecular complexity index is 693. The van der Waals surface area contributed by atoms with Crippen LogP contribution in [0.2, 0.25) is 0 Å². The summed E-state index contributed by atoms with van der Waals surface area (Å²) in [4.78, 5) is 5.95. The summed E-state index contributed by atoms with van der Waals surface area (Å²) in [5.41, 5.74) is 3.88. The van der Waals surface area contributed by atoms with Crippen LogP contribution in [0.1, 0.15) is 16.7 Å². The number of anilines is 1. The fourth-order valence-corrected chi connectivity index (χ4v) is 2.32. The number of rotatable bonds is 5. The van der Waals surface area contributed by atoms with Crippen LogP contribution in [0.15, 0.2) is 47.5 Å². The summed E-state index contributed by atoms with van der Waals surface area (Å²) in [6.45, 7) is 3.27. The van der Waals surface area contributed by atoms with Gasteiger partial charge in [0.05, 0.1) is 5.69 Å². The maximum Gasteiger partial charge on any atom is 0.191 e. The Balaban J connectivity index is 1.89. The third kappa shape index (κ3) is 4.98. The molecule has 0 spiro atoms. The first kappa shape index (κ1) is 17.8. The van der Waals surface area contributed by atoms with Gasteiger partial charge in [-0.1, -0.05) is 35.9 Å². The lowest BCUT2D eigenvalue weighted by molar-refractivity contribution is 0.623. The third-order valence-corrected chi connectivity index (χ3v) is 3.76. The van der Waals surface area contributed by atoms with E-state index in [9.17, 15) is 4.39 Å². The molecular weight excluding hydrogens is 303 g/mol. The van der Waals surface area contributed by atoms with Gasteiger partial charge in [-0.05, 0) is 30.2 Å². The highest BCUT2D eigenvalue weighted by Crippen LogP contribution is 2.18. The summed E-state index contributed by atoms with van der Waals surface area (Å²) in [6, 6.07) is 13.6. The lowest BCUT2D eigenvalue weighted by Gasteiger charge is -2.15. The number of guanidine groups is 1. The van der Waals surface area contributed by atoms with E-state index in [2.05, 4.69) is 46.8 Å². The summed E-state index contributed by atoms with van der Waals surface area (Å²) in [7, 11) is 5.38. The van der Waals surface area contributed by atoms with Gasteiger partial charge >= 0.3 is 0 Å². The highest BCUT2D eigenvalue weighted by atomic mass is 19.1. The number of halogens is 1. The molecular formula is C19H25FN4. The molecule has 0 atom stereocenters. The largest absolute Gasteiger partial charge is 0.375 e. The van der Waals surface area contributed by atoms with Gasteiger partial charge in [-0.2, -0.15) is 0 Å². The Hall–Kier alpha value is -2.56. The summed E-state index contributed by atoms with van der Waals surface area (Å²) in [6.07, 6.45) is 0. The molecule has 4 nitrogen and oxygen atoms in total. The van der Waals surface area contributed by atoms with Gasteiger partial charge in [-0.15, -0.1) is 0 Å². The van der Waals surface area contributed by atoms with E-state index in [1.807, 2.05) is 20.2 Å². The van der Waals surface area contributed by atoms with Gasteiger partial charge < -0.3 is 15.5 Å². The highest BCUT2D eigenvalue weighted by Gasteiger charge is 2.06. The normalized spacial score (nSPS) is 11.3. The van der Waals surface area contributed by atoms with E-state index < -0.39 is 0 Å². The summed E-state index contributed by atoms with van der Waals surface area (Å²) in [5, 5.41) is 6.46. The van der Waals surface area contributed by atoms with Crippen molar-refractivity contribution in [1.29, 1.82) is 0 Å². The molecule has 0 saturated heterocycles. The average molecular weight is 328 g/mol. The van der Waals surface area contributed by atoms with Crippen LogP contribution in [0, 0.1) is 12.7 Å². The topological polar surface area (TPSA) is 39.7 Å². The van der Waals surface area contributed by atoms with Crippen LogP contribution in [0.3, 0.4) is 0 Å². The second-order valence-corrected chi connectivity index (χ2v) is 5.95. The minimum Gasteiger partial charge on any atom is -0.375 e. The molecule has 0 aliphatic heterocycles. The number of hydrogen-bond acceptors (Lipinski definition) is 2. The average Bonchev–Trinajstić information content (AvgIpc) is 2.56. The molecule has 2 aromatic carbocycles. The molecule has 0 aliphatic rings. The Kier molecular flexibility index (Phi) is 6.18. The lowest BCUT2D eigenvalue weighted by atomic mass is 10.1. The molecule has 0 heterocycles. The quantitative estimate of drug-likeness (QED) is 0.654. The van der Waals surface area contributed by atoms with Crippen molar-refractivity contribution >= 4 is 11.6 Å². The molecule has 2 N–H and O–H groups in total. The first-order chi connectivity index (χ1) is 11.5. The van der Waals surface area contributed by atoms with E-state index in [1.165, 1.54) is 11.1 Å². The maximum atomic E-state index is 14.0. The fraction of sp³-hybridized carbons (Fsp3) is 0.316. The predicted molar refractivity (Wildman–Crippen MR) is 98.9 cm³/mol. The zero-order valence-corrected chi connectivity index (χ0v) is 14.7. The van der Waals surface area contributed by atoms with Crippen molar-refractivity contribution in [2.75, 3.05) is 26.0 Å². The standard InChI is InChI=1S/C19H25FN4/c1-14-5-7-15(8-6-14)12-22-19(21-2)23-13-16-9-10-18(24(3)4)17(20)11-16/h5-11H,12-13H2,1-4H3,(H2,21,22,23). The van der Waals surface area contributed by atoms with E-state index in [-0.39, 0.29) is 5.82 Å². The molecule has 0 aliphatic carbocycles. The molecule has 2 aromatic rings. The SMILES string of the molecule is CN=C(NCc1ccc(C)cc1)NCc1ccc(N(C)C)c(F)c1. The van der Waals surface area contributed by atoms with Crippen molar-refractivity contribution in [3.63, 3.8) is 0 Å². The number of nitrogens with zero attached hydrogens (tertiary/aromatic N) is 2. The number of benzene rings is 2. The van der Waals surface area contributed by atoms with Crippen molar-refractivity contribution in [3.05, 3.63) is 65.0 Å². The molecule has 0 radical (unpaired) electrons. The molecule has 0 fully saturated rings. The summed E-state index contributed by atoms with van der Waals surface area (Å²) in [5.74, 6) is 0.467. The third-order valence-electron chi connectivity index (χ3n) is 3.76. The van der Waals surface area contributed by atoms with Gasteiger partial charge in [0.2, 0.25) is 0 Å². The molecule has 0 amide bonds. The van der Waals surface area contributed by atoms with Crippen LogP contribution in [0.4, 0.5) is 10.1 Å². The second-order valence-electron chi connectivity index (χ2n) is 5.95. The van der Waals surface area contributed by atoms with Gasteiger partial charge in [0, 0.05) is 34.2 Å². The van der Waals surface area contributed by atoms with Gasteiger partial charge in [-0.25, -0.2) is 4.39 Å². The van der Waals surface area contributed by atoms with Gasteiger partial charge in [0.25, 0.3) is 0 Å². The number of hydrogen-bond donors (Lipinski definition) is 2. The summed E-state index contributed by atoms with van der Waals surface area (Å²) >= 11 is 0. The molecule has 0 aromatic heterocycles. The molecule has 24 heavy (non-hydrogen) atoms. The highest BCUT2D eigenvalue weighted by molar-refractivity contribution is 5.79. The first-order valence-electron chi connectivity index (χ1n) is 7.95. The van der Waals surface area contributed by atoms with Crippen LogP contribution in [0.25, 0.3) is 0 Å². The molecule has 128 valence electrons. The van der Waals surface area contributed by atoms with Gasteiger partial charge in [0.15, 0.2) is 5.96 Å². The Morgan fingerprint density at radius 3 is 2.12 bits per heavy atom. The zero-order valence-electron chi connectivity index (χ0n) is 14.7. The zero-order chi connectivity index (χ0) is 17.5. The van der Waals surface area contributed by atoms with E-state index in [1.54, 1.807) is 24.1 Å². The minimum atomic E-state index is -0.220. The fourth-order valence-electron chi connectivity index (χ4n) is 2.32. The van der Waals surface area contributed by atoms with Crippen molar-refractivity contribution in [3.8, 4) is 0 Å². The lowest BCUT2D eigenvalue weighted by Crippen LogP contribution is -2.36. The molecule has 0 bridgehead atoms. The number of nitrogens with one attached hydrogen (secondary N) is 2. The molecule has 0 saturated carbocycles. The van der Waals surface area contributed by atoms with Crippen LogP contribution >= 0.6 is 0 Å². The first-order valence-corrected chi connectivity index (χ1v) is 7.95. The molecule has 2 rings (SSSR count). The van der Waals surface area contributed by atoms with Gasteiger partial charge in [-0.3, -0.25) is 4.99 Å². The smallest absolute Gasteiger partial charge is 0.191 e. The number of aliphatic imine (C=N–C) groups is 1. The molecule has 5 heteroatoms. The van der Waals surface area contributed by atoms with Crippen LogP contribution in [0.5, 0.6) is 0 Å². The summed E-state index contributed by atoms with van der Waals surface area (Å²) < 4.78 is 14.0. The molecule has 0 unspecified atom stereocenters. The van der Waals surface area contributed by atoms with Crippen molar-refractivity contribution in [2.24, 2.45) is 4.99 Å². The van der Waals surface area contributed by atoms with Crippen LogP contribution in [-0.4, -0.2) is 27.1 Å². The van der Waals surface area contributed by atoms with Gasteiger partial charge in [0.1, 0.15) is 5.82 Å². The Labute approximate surface area is 143 Å². The minimum absolute atomic E-state index is 0.220. The second kappa shape index (κ2) is 8.34. The predicted octanol–water partition coefficient (Wildman–Crippen LogP) is 3.07. The number of aryl methyl sites for hydroxylation is 1. The Morgan fingerprint density at radius 2 is 1.58 bits per heavy atom.